The lowest BCUT2D eigenvalue weighted by Gasteiger charge is -2.31. The van der Waals surface area contributed by atoms with Crippen LogP contribution in [0, 0.1) is 5.92 Å². The van der Waals surface area contributed by atoms with Crippen molar-refractivity contribution >= 4 is 11.8 Å². The summed E-state index contributed by atoms with van der Waals surface area (Å²) >= 11 is 0. The van der Waals surface area contributed by atoms with Gasteiger partial charge < -0.3 is 20.3 Å². The Balaban J connectivity index is 1.44. The molecule has 2 fully saturated rings. The van der Waals surface area contributed by atoms with Crippen LogP contribution in [0.4, 0.5) is 5.82 Å². The minimum Gasteiger partial charge on any atom is -0.376 e. The first kappa shape index (κ1) is 18.0. The molecule has 25 heavy (non-hydrogen) atoms. The van der Waals surface area contributed by atoms with Crippen LogP contribution in [0.25, 0.3) is 0 Å². The van der Waals surface area contributed by atoms with Gasteiger partial charge in [-0.2, -0.15) is 0 Å². The summed E-state index contributed by atoms with van der Waals surface area (Å²) in [6.45, 7) is 6.97. The molecule has 1 aromatic rings. The van der Waals surface area contributed by atoms with Crippen molar-refractivity contribution < 1.29 is 4.74 Å². The highest BCUT2D eigenvalue weighted by atomic mass is 16.5. The number of ether oxygens (including phenoxy) is 1. The zero-order valence-corrected chi connectivity index (χ0v) is 15.5. The van der Waals surface area contributed by atoms with Crippen LogP contribution in [0.3, 0.4) is 0 Å². The smallest absolute Gasteiger partial charge is 0.191 e. The van der Waals surface area contributed by atoms with Gasteiger partial charge in [-0.3, -0.25) is 4.99 Å². The third-order valence-corrected chi connectivity index (χ3v) is 5.12. The first-order valence-electron chi connectivity index (χ1n) is 9.50. The van der Waals surface area contributed by atoms with Crippen LogP contribution < -0.4 is 15.5 Å². The Bertz CT molecular complexity index is 545. The molecule has 6 heteroatoms. The fraction of sp³-hybridized carbons (Fsp3) is 0.684. The number of aromatic nitrogens is 1. The molecular formula is C19H31N5O. The maximum atomic E-state index is 5.63. The molecule has 3 rings (SSSR count). The van der Waals surface area contributed by atoms with Crippen LogP contribution in [-0.2, 0) is 11.3 Å². The molecule has 2 saturated heterocycles. The van der Waals surface area contributed by atoms with Crippen LogP contribution in [0.1, 0.15) is 38.2 Å². The second kappa shape index (κ2) is 9.04. The number of guanidine groups is 1. The Kier molecular flexibility index (Phi) is 6.50. The molecule has 0 aliphatic carbocycles. The van der Waals surface area contributed by atoms with Gasteiger partial charge in [-0.05, 0) is 43.2 Å². The average Bonchev–Trinajstić information content (AvgIpc) is 3.17. The van der Waals surface area contributed by atoms with E-state index in [1.54, 1.807) is 7.05 Å². The standard InChI is InChI=1S/C19H31N5O/c1-15-7-9-24(10-8-15)18-6-5-16(12-21-18)13-22-19(20-2)23-14-17-4-3-11-25-17/h5-6,12,15,17H,3-4,7-11,13-14H2,1-2H3,(H2,20,22,23). The molecule has 2 N–H and O–H groups in total. The summed E-state index contributed by atoms with van der Waals surface area (Å²) in [4.78, 5) is 11.3. The second-order valence-corrected chi connectivity index (χ2v) is 7.14. The van der Waals surface area contributed by atoms with E-state index in [0.717, 1.165) is 68.9 Å². The first-order chi connectivity index (χ1) is 12.2. The number of hydrogen-bond donors (Lipinski definition) is 2. The number of aliphatic imine (C=N–C) groups is 1. The van der Waals surface area contributed by atoms with Gasteiger partial charge in [0.05, 0.1) is 6.10 Å². The normalized spacial score (nSPS) is 22.2. The van der Waals surface area contributed by atoms with Crippen molar-refractivity contribution in [2.75, 3.05) is 38.2 Å². The maximum absolute atomic E-state index is 5.63. The van der Waals surface area contributed by atoms with E-state index in [0.29, 0.717) is 6.10 Å². The monoisotopic (exact) mass is 345 g/mol. The molecular weight excluding hydrogens is 314 g/mol. The van der Waals surface area contributed by atoms with Gasteiger partial charge in [-0.1, -0.05) is 13.0 Å². The lowest BCUT2D eigenvalue weighted by Crippen LogP contribution is -2.40. The number of pyridine rings is 1. The fourth-order valence-corrected chi connectivity index (χ4v) is 3.37. The third-order valence-electron chi connectivity index (χ3n) is 5.12. The zero-order valence-electron chi connectivity index (χ0n) is 15.5. The van der Waals surface area contributed by atoms with Crippen LogP contribution in [-0.4, -0.2) is 50.3 Å². The highest BCUT2D eigenvalue weighted by molar-refractivity contribution is 5.79. The molecule has 1 atom stereocenters. The lowest BCUT2D eigenvalue weighted by atomic mass is 9.99. The lowest BCUT2D eigenvalue weighted by molar-refractivity contribution is 0.114. The molecule has 0 aromatic carbocycles. The van der Waals surface area contributed by atoms with E-state index < -0.39 is 0 Å². The number of hydrogen-bond acceptors (Lipinski definition) is 4. The number of rotatable bonds is 5. The molecule has 0 spiro atoms. The van der Waals surface area contributed by atoms with Crippen LogP contribution in [0.15, 0.2) is 23.3 Å². The Morgan fingerprint density at radius 2 is 2.12 bits per heavy atom. The molecule has 1 unspecified atom stereocenters. The third kappa shape index (κ3) is 5.33. The van der Waals surface area contributed by atoms with Gasteiger partial charge >= 0.3 is 0 Å². The molecule has 3 heterocycles. The van der Waals surface area contributed by atoms with Crippen molar-refractivity contribution in [3.63, 3.8) is 0 Å². The largest absolute Gasteiger partial charge is 0.376 e. The molecule has 0 amide bonds. The summed E-state index contributed by atoms with van der Waals surface area (Å²) in [6, 6.07) is 4.29. The summed E-state index contributed by atoms with van der Waals surface area (Å²) in [7, 11) is 1.80. The molecule has 0 bridgehead atoms. The number of piperidine rings is 1. The second-order valence-electron chi connectivity index (χ2n) is 7.14. The van der Waals surface area contributed by atoms with E-state index in [2.05, 4.69) is 44.6 Å². The average molecular weight is 345 g/mol. The van der Waals surface area contributed by atoms with E-state index in [4.69, 9.17) is 4.74 Å². The summed E-state index contributed by atoms with van der Waals surface area (Å²) in [5, 5.41) is 6.68. The maximum Gasteiger partial charge on any atom is 0.191 e. The summed E-state index contributed by atoms with van der Waals surface area (Å²) < 4.78 is 5.63. The van der Waals surface area contributed by atoms with Crippen LogP contribution in [0.2, 0.25) is 0 Å². The predicted octanol–water partition coefficient (Wildman–Crippen LogP) is 2.16. The number of nitrogens with zero attached hydrogens (tertiary/aromatic N) is 3. The quantitative estimate of drug-likeness (QED) is 0.633. The van der Waals surface area contributed by atoms with Gasteiger partial charge in [0.1, 0.15) is 5.82 Å². The van der Waals surface area contributed by atoms with Crippen molar-refractivity contribution in [2.24, 2.45) is 10.9 Å². The van der Waals surface area contributed by atoms with E-state index >= 15 is 0 Å². The van der Waals surface area contributed by atoms with Gasteiger partial charge in [-0.25, -0.2) is 4.98 Å². The first-order valence-corrected chi connectivity index (χ1v) is 9.50. The number of anilines is 1. The van der Waals surface area contributed by atoms with E-state index in [-0.39, 0.29) is 0 Å². The van der Waals surface area contributed by atoms with Gasteiger partial charge in [0, 0.05) is 46.0 Å². The van der Waals surface area contributed by atoms with Gasteiger partial charge in [0.25, 0.3) is 0 Å². The Labute approximate surface area is 151 Å². The molecule has 1 aromatic heterocycles. The Morgan fingerprint density at radius 1 is 1.28 bits per heavy atom. The fourth-order valence-electron chi connectivity index (χ4n) is 3.37. The van der Waals surface area contributed by atoms with E-state index in [1.807, 2.05) is 6.20 Å². The minimum atomic E-state index is 0.312. The van der Waals surface area contributed by atoms with E-state index in [9.17, 15) is 0 Å². The summed E-state index contributed by atoms with van der Waals surface area (Å²) in [5.74, 6) is 2.75. The van der Waals surface area contributed by atoms with Gasteiger partial charge in [-0.15, -0.1) is 0 Å². The van der Waals surface area contributed by atoms with Gasteiger partial charge in [0.2, 0.25) is 0 Å². The van der Waals surface area contributed by atoms with Crippen molar-refractivity contribution in [3.8, 4) is 0 Å². The van der Waals surface area contributed by atoms with Crippen molar-refractivity contribution in [3.05, 3.63) is 23.9 Å². The van der Waals surface area contributed by atoms with Crippen molar-refractivity contribution in [1.29, 1.82) is 0 Å². The molecule has 6 nitrogen and oxygen atoms in total. The Hall–Kier alpha value is -1.82. The van der Waals surface area contributed by atoms with Crippen molar-refractivity contribution in [2.45, 2.75) is 45.3 Å². The summed E-state index contributed by atoms with van der Waals surface area (Å²) in [6.07, 6.45) is 7.09. The summed E-state index contributed by atoms with van der Waals surface area (Å²) in [5.41, 5.74) is 1.16. The molecule has 0 saturated carbocycles. The highest BCUT2D eigenvalue weighted by Crippen LogP contribution is 2.21. The minimum absolute atomic E-state index is 0.312. The van der Waals surface area contributed by atoms with Crippen LogP contribution in [0.5, 0.6) is 0 Å². The van der Waals surface area contributed by atoms with Crippen LogP contribution >= 0.6 is 0 Å². The predicted molar refractivity (Wildman–Crippen MR) is 102 cm³/mol. The Morgan fingerprint density at radius 3 is 2.76 bits per heavy atom. The SMILES string of the molecule is CN=C(NCc1ccc(N2CCC(C)CC2)nc1)NCC1CCCO1. The molecule has 2 aliphatic rings. The number of nitrogens with one attached hydrogen (secondary N) is 2. The van der Waals surface area contributed by atoms with E-state index in [1.165, 1.54) is 12.8 Å². The highest BCUT2D eigenvalue weighted by Gasteiger charge is 2.17. The zero-order chi connectivity index (χ0) is 17.5. The van der Waals surface area contributed by atoms with Crippen molar-refractivity contribution in [1.82, 2.24) is 15.6 Å². The molecule has 2 aliphatic heterocycles. The molecule has 138 valence electrons. The van der Waals surface area contributed by atoms with Gasteiger partial charge in [0.15, 0.2) is 5.96 Å². The topological polar surface area (TPSA) is 61.8 Å². The molecule has 0 radical (unpaired) electrons.